The van der Waals surface area contributed by atoms with Crippen LogP contribution in [0.15, 0.2) is 0 Å². The van der Waals surface area contributed by atoms with Gasteiger partial charge in [0.05, 0.1) is 12.2 Å². The molecule has 0 radical (unpaired) electrons. The van der Waals surface area contributed by atoms with Crippen LogP contribution in [-0.4, -0.2) is 22.1 Å². The lowest BCUT2D eigenvalue weighted by Crippen LogP contribution is -2.18. The molecule has 0 bridgehead atoms. The van der Waals surface area contributed by atoms with Crippen molar-refractivity contribution in [3.05, 3.63) is 17.0 Å². The average molecular weight is 167 g/mol. The van der Waals surface area contributed by atoms with Crippen molar-refractivity contribution in [1.82, 2.24) is 9.78 Å². The first-order valence-corrected chi connectivity index (χ1v) is 3.81. The number of carbonyl (C=O) groups is 1. The first kappa shape index (κ1) is 8.93. The fourth-order valence-corrected chi connectivity index (χ4v) is 1.25. The summed E-state index contributed by atoms with van der Waals surface area (Å²) in [5, 5.41) is 4.12. The van der Waals surface area contributed by atoms with E-state index in [0.717, 1.165) is 11.3 Å². The smallest absolute Gasteiger partial charge is 0.194 e. The first-order chi connectivity index (χ1) is 5.57. The number of aromatic nitrogens is 2. The van der Waals surface area contributed by atoms with Crippen molar-refractivity contribution < 1.29 is 4.79 Å². The average Bonchev–Trinajstić information content (AvgIpc) is 2.26. The monoisotopic (exact) mass is 167 g/mol. The molecule has 0 aliphatic carbocycles. The number of ketones is 1. The number of hydrogen-bond donors (Lipinski definition) is 1. The van der Waals surface area contributed by atoms with Crippen molar-refractivity contribution in [2.24, 2.45) is 12.8 Å². The zero-order valence-electron chi connectivity index (χ0n) is 7.59. The van der Waals surface area contributed by atoms with Gasteiger partial charge >= 0.3 is 0 Å². The molecule has 0 amide bonds. The summed E-state index contributed by atoms with van der Waals surface area (Å²) in [6.07, 6.45) is 0. The largest absolute Gasteiger partial charge is 0.324 e. The Labute approximate surface area is 71.4 Å². The van der Waals surface area contributed by atoms with Gasteiger partial charge in [0.2, 0.25) is 0 Å². The van der Waals surface area contributed by atoms with Crippen LogP contribution in [0.2, 0.25) is 0 Å². The number of Topliss-reactive ketones (excluding diaryl/α,β-unsaturated/α-hetero) is 1. The Morgan fingerprint density at radius 2 is 2.17 bits per heavy atom. The molecule has 2 N–H and O–H groups in total. The Bertz CT molecular complexity index is 314. The summed E-state index contributed by atoms with van der Waals surface area (Å²) in [5.41, 5.74) is 7.69. The Morgan fingerprint density at radius 1 is 1.58 bits per heavy atom. The number of nitrogens with zero attached hydrogens (tertiary/aromatic N) is 2. The second kappa shape index (κ2) is 3.06. The van der Waals surface area contributed by atoms with E-state index in [2.05, 4.69) is 5.10 Å². The maximum atomic E-state index is 11.3. The molecule has 0 spiro atoms. The van der Waals surface area contributed by atoms with Crippen LogP contribution in [0.3, 0.4) is 0 Å². The summed E-state index contributed by atoms with van der Waals surface area (Å²) < 4.78 is 1.58. The Balaban J connectivity index is 3.22. The Kier molecular flexibility index (Phi) is 2.28. The molecule has 4 nitrogen and oxygen atoms in total. The summed E-state index contributed by atoms with van der Waals surface area (Å²) in [7, 11) is 1.75. The van der Waals surface area contributed by atoms with E-state index >= 15 is 0 Å². The predicted octanol–water partition coefficient (Wildman–Crippen LogP) is 0.178. The van der Waals surface area contributed by atoms with Crippen molar-refractivity contribution in [3.8, 4) is 0 Å². The lowest BCUT2D eigenvalue weighted by Gasteiger charge is -1.98. The van der Waals surface area contributed by atoms with Gasteiger partial charge in [-0.2, -0.15) is 5.10 Å². The van der Waals surface area contributed by atoms with E-state index in [0.29, 0.717) is 5.69 Å². The van der Waals surface area contributed by atoms with Crippen LogP contribution in [0.25, 0.3) is 0 Å². The first-order valence-electron chi connectivity index (χ1n) is 3.81. The summed E-state index contributed by atoms with van der Waals surface area (Å²) >= 11 is 0. The summed E-state index contributed by atoms with van der Waals surface area (Å²) in [6, 6.07) is 0. The zero-order chi connectivity index (χ0) is 9.30. The standard InChI is InChI=1S/C8H13N3O/c1-5-6(2)10-11(3)8(5)7(12)4-9/h4,9H2,1-3H3. The molecule has 0 unspecified atom stereocenters. The van der Waals surface area contributed by atoms with Gasteiger partial charge in [-0.1, -0.05) is 0 Å². The van der Waals surface area contributed by atoms with Crippen molar-refractivity contribution in [2.45, 2.75) is 13.8 Å². The fraction of sp³-hybridized carbons (Fsp3) is 0.500. The van der Waals surface area contributed by atoms with Gasteiger partial charge in [0.25, 0.3) is 0 Å². The molecule has 0 saturated heterocycles. The third-order valence-electron chi connectivity index (χ3n) is 1.97. The topological polar surface area (TPSA) is 60.9 Å². The molecule has 4 heteroatoms. The molecule has 0 saturated carbocycles. The molecule has 0 aliphatic rings. The van der Waals surface area contributed by atoms with Gasteiger partial charge in [-0.15, -0.1) is 0 Å². The molecule has 0 aliphatic heterocycles. The highest BCUT2D eigenvalue weighted by molar-refractivity contribution is 5.97. The quantitative estimate of drug-likeness (QED) is 0.639. The molecule has 0 aromatic carbocycles. The molecular formula is C8H13N3O. The van der Waals surface area contributed by atoms with E-state index < -0.39 is 0 Å². The third kappa shape index (κ3) is 1.25. The van der Waals surface area contributed by atoms with Crippen LogP contribution in [0.5, 0.6) is 0 Å². The predicted molar refractivity (Wildman–Crippen MR) is 46.1 cm³/mol. The van der Waals surface area contributed by atoms with Gasteiger partial charge in [-0.3, -0.25) is 9.48 Å². The highest BCUT2D eigenvalue weighted by Gasteiger charge is 2.14. The van der Waals surface area contributed by atoms with Crippen LogP contribution in [0.1, 0.15) is 21.7 Å². The summed E-state index contributed by atoms with van der Waals surface area (Å²) in [6.45, 7) is 3.80. The van der Waals surface area contributed by atoms with Gasteiger partial charge in [-0.05, 0) is 13.8 Å². The van der Waals surface area contributed by atoms with E-state index in [1.54, 1.807) is 11.7 Å². The van der Waals surface area contributed by atoms with Gasteiger partial charge in [0, 0.05) is 12.6 Å². The second-order valence-corrected chi connectivity index (χ2v) is 2.81. The van der Waals surface area contributed by atoms with E-state index in [9.17, 15) is 4.79 Å². The van der Waals surface area contributed by atoms with Gasteiger partial charge < -0.3 is 5.73 Å². The summed E-state index contributed by atoms with van der Waals surface area (Å²) in [4.78, 5) is 11.3. The van der Waals surface area contributed by atoms with E-state index in [1.807, 2.05) is 13.8 Å². The minimum Gasteiger partial charge on any atom is -0.324 e. The zero-order valence-corrected chi connectivity index (χ0v) is 7.59. The molecule has 0 fully saturated rings. The molecule has 0 atom stereocenters. The van der Waals surface area contributed by atoms with Crippen molar-refractivity contribution in [2.75, 3.05) is 6.54 Å². The maximum Gasteiger partial charge on any atom is 0.194 e. The van der Waals surface area contributed by atoms with Crippen LogP contribution in [0.4, 0.5) is 0 Å². The second-order valence-electron chi connectivity index (χ2n) is 2.81. The normalized spacial score (nSPS) is 10.3. The Hall–Kier alpha value is -1.16. The number of rotatable bonds is 2. The lowest BCUT2D eigenvalue weighted by molar-refractivity contribution is 0.0992. The van der Waals surface area contributed by atoms with Crippen molar-refractivity contribution in [3.63, 3.8) is 0 Å². The van der Waals surface area contributed by atoms with Crippen molar-refractivity contribution in [1.29, 1.82) is 0 Å². The fourth-order valence-electron chi connectivity index (χ4n) is 1.25. The van der Waals surface area contributed by atoms with E-state index in [4.69, 9.17) is 5.73 Å². The van der Waals surface area contributed by atoms with Gasteiger partial charge in [0.15, 0.2) is 5.78 Å². The number of hydrogen-bond acceptors (Lipinski definition) is 3. The molecule has 12 heavy (non-hydrogen) atoms. The van der Waals surface area contributed by atoms with Crippen LogP contribution >= 0.6 is 0 Å². The lowest BCUT2D eigenvalue weighted by atomic mass is 10.1. The molecule has 1 aromatic heterocycles. The van der Waals surface area contributed by atoms with E-state index in [1.165, 1.54) is 0 Å². The van der Waals surface area contributed by atoms with Gasteiger partial charge in [-0.25, -0.2) is 0 Å². The SMILES string of the molecule is Cc1nn(C)c(C(=O)CN)c1C. The maximum absolute atomic E-state index is 11.3. The van der Waals surface area contributed by atoms with Crippen molar-refractivity contribution >= 4 is 5.78 Å². The molecular weight excluding hydrogens is 154 g/mol. The molecule has 1 heterocycles. The number of carbonyl (C=O) groups excluding carboxylic acids is 1. The molecule has 1 aromatic rings. The highest BCUT2D eigenvalue weighted by Crippen LogP contribution is 2.10. The van der Waals surface area contributed by atoms with Gasteiger partial charge in [0.1, 0.15) is 5.69 Å². The third-order valence-corrected chi connectivity index (χ3v) is 1.97. The number of aryl methyl sites for hydroxylation is 2. The van der Waals surface area contributed by atoms with Crippen LogP contribution in [0, 0.1) is 13.8 Å². The number of nitrogens with two attached hydrogens (primary N) is 1. The highest BCUT2D eigenvalue weighted by atomic mass is 16.1. The minimum atomic E-state index is -0.0596. The molecule has 66 valence electrons. The van der Waals surface area contributed by atoms with Crippen LogP contribution in [-0.2, 0) is 7.05 Å². The minimum absolute atomic E-state index is 0.0415. The Morgan fingerprint density at radius 3 is 2.50 bits per heavy atom. The summed E-state index contributed by atoms with van der Waals surface area (Å²) in [5.74, 6) is -0.0596. The molecule has 1 rings (SSSR count). The van der Waals surface area contributed by atoms with Crippen LogP contribution < -0.4 is 5.73 Å². The van der Waals surface area contributed by atoms with E-state index in [-0.39, 0.29) is 12.3 Å².